The van der Waals surface area contributed by atoms with Gasteiger partial charge in [-0.15, -0.1) is 0 Å². The van der Waals surface area contributed by atoms with Crippen LogP contribution in [0.15, 0.2) is 6.07 Å². The minimum absolute atomic E-state index is 1.33. The van der Waals surface area contributed by atoms with Crippen molar-refractivity contribution in [3.8, 4) is 0 Å². The first-order valence-corrected chi connectivity index (χ1v) is 5.47. The third-order valence-corrected chi connectivity index (χ3v) is 3.92. The maximum Gasteiger partial charge on any atom is 0.0515 e. The van der Waals surface area contributed by atoms with E-state index in [1.165, 1.54) is 38.9 Å². The second-order valence-corrected chi connectivity index (χ2v) is 4.61. The van der Waals surface area contributed by atoms with Crippen LogP contribution >= 0.6 is 0 Å². The average Bonchev–Trinajstić information content (AvgIpc) is 2.50. The highest BCUT2D eigenvalue weighted by atomic mass is 14.9. The van der Waals surface area contributed by atoms with Crippen LogP contribution in [0, 0.1) is 34.6 Å². The summed E-state index contributed by atoms with van der Waals surface area (Å²) < 4.78 is 2.30. The van der Waals surface area contributed by atoms with Gasteiger partial charge in [-0.3, -0.25) is 0 Å². The Balaban J connectivity index is 3.07. The second-order valence-electron chi connectivity index (χ2n) is 4.61. The zero-order valence-electron chi connectivity index (χ0n) is 10.5. The van der Waals surface area contributed by atoms with Gasteiger partial charge in [-0.1, -0.05) is 0 Å². The molecule has 0 saturated heterocycles. The number of rotatable bonds is 0. The molecule has 0 aliphatic carbocycles. The van der Waals surface area contributed by atoms with Crippen molar-refractivity contribution in [3.05, 3.63) is 34.0 Å². The van der Waals surface area contributed by atoms with E-state index in [0.29, 0.717) is 0 Å². The molecule has 0 unspecified atom stereocenters. The van der Waals surface area contributed by atoms with Crippen LogP contribution in [-0.2, 0) is 7.05 Å². The molecule has 0 atom stereocenters. The fourth-order valence-electron chi connectivity index (χ4n) is 2.41. The Morgan fingerprint density at radius 3 is 1.93 bits per heavy atom. The van der Waals surface area contributed by atoms with Crippen molar-refractivity contribution in [2.75, 3.05) is 0 Å². The molecule has 0 N–H and O–H groups in total. The zero-order chi connectivity index (χ0) is 11.3. The molecule has 1 nitrogen and oxygen atoms in total. The van der Waals surface area contributed by atoms with Crippen molar-refractivity contribution in [2.45, 2.75) is 34.6 Å². The lowest BCUT2D eigenvalue weighted by Gasteiger charge is -2.12. The first kappa shape index (κ1) is 10.3. The highest BCUT2D eigenvalue weighted by molar-refractivity contribution is 5.89. The molecule has 0 spiro atoms. The van der Waals surface area contributed by atoms with E-state index in [1.54, 1.807) is 0 Å². The highest BCUT2D eigenvalue weighted by Crippen LogP contribution is 2.30. The van der Waals surface area contributed by atoms with Gasteiger partial charge in [0.15, 0.2) is 0 Å². The van der Waals surface area contributed by atoms with Gasteiger partial charge >= 0.3 is 0 Å². The van der Waals surface area contributed by atoms with Crippen LogP contribution in [0.2, 0.25) is 0 Å². The maximum absolute atomic E-state index is 2.30. The molecule has 0 radical (unpaired) electrons. The van der Waals surface area contributed by atoms with Crippen LogP contribution < -0.4 is 0 Å². The van der Waals surface area contributed by atoms with E-state index < -0.39 is 0 Å². The van der Waals surface area contributed by atoms with Crippen LogP contribution in [0.1, 0.15) is 27.9 Å². The topological polar surface area (TPSA) is 4.93 Å². The summed E-state index contributed by atoms with van der Waals surface area (Å²) in [5.41, 5.74) is 8.45. The van der Waals surface area contributed by atoms with E-state index in [9.17, 15) is 0 Å². The summed E-state index contributed by atoms with van der Waals surface area (Å²) in [6, 6.07) is 2.30. The summed E-state index contributed by atoms with van der Waals surface area (Å²) in [7, 11) is 2.15. The second kappa shape index (κ2) is 3.13. The summed E-state index contributed by atoms with van der Waals surface area (Å²) in [6.45, 7) is 11.1. The van der Waals surface area contributed by atoms with Crippen molar-refractivity contribution in [1.82, 2.24) is 4.57 Å². The molecule has 1 heteroatoms. The van der Waals surface area contributed by atoms with E-state index in [1.807, 2.05) is 0 Å². The fraction of sp³-hybridized carbons (Fsp3) is 0.429. The van der Waals surface area contributed by atoms with E-state index in [0.717, 1.165) is 0 Å². The molecule has 1 aromatic carbocycles. The van der Waals surface area contributed by atoms with Crippen LogP contribution in [0.5, 0.6) is 0 Å². The third kappa shape index (κ3) is 1.22. The van der Waals surface area contributed by atoms with Crippen LogP contribution in [0.3, 0.4) is 0 Å². The number of aryl methyl sites for hydroxylation is 4. The third-order valence-electron chi connectivity index (χ3n) is 3.92. The van der Waals surface area contributed by atoms with Crippen LogP contribution in [0.4, 0.5) is 0 Å². The Bertz CT molecular complexity index is 544. The van der Waals surface area contributed by atoms with E-state index in [4.69, 9.17) is 0 Å². The summed E-state index contributed by atoms with van der Waals surface area (Å²) in [5.74, 6) is 0. The number of hydrogen-bond acceptors (Lipinski definition) is 0. The first-order chi connectivity index (χ1) is 6.95. The van der Waals surface area contributed by atoms with E-state index >= 15 is 0 Å². The number of nitrogens with zero attached hydrogens (tertiary/aromatic N) is 1. The summed E-state index contributed by atoms with van der Waals surface area (Å²) in [6.07, 6.45) is 0. The average molecular weight is 201 g/mol. The molecule has 0 bridgehead atoms. The number of benzene rings is 1. The standard InChI is InChI=1S/C14H19N/c1-8-7-13-11(4)9(2)10(3)12(5)14(13)15(8)6/h7H,1-6H3. The fourth-order valence-corrected chi connectivity index (χ4v) is 2.41. The summed E-state index contributed by atoms with van der Waals surface area (Å²) in [4.78, 5) is 0. The summed E-state index contributed by atoms with van der Waals surface area (Å²) in [5, 5.41) is 1.41. The monoisotopic (exact) mass is 201 g/mol. The van der Waals surface area contributed by atoms with Crippen LogP contribution in [-0.4, -0.2) is 4.57 Å². The quantitative estimate of drug-likeness (QED) is 0.612. The Labute approximate surface area is 91.7 Å². The van der Waals surface area contributed by atoms with Gasteiger partial charge in [-0.2, -0.15) is 0 Å². The van der Waals surface area contributed by atoms with Gasteiger partial charge < -0.3 is 4.57 Å². The van der Waals surface area contributed by atoms with Crippen LogP contribution in [0.25, 0.3) is 10.9 Å². The largest absolute Gasteiger partial charge is 0.348 e. The molecule has 2 rings (SSSR count). The number of hydrogen-bond donors (Lipinski definition) is 0. The number of aromatic nitrogens is 1. The van der Waals surface area contributed by atoms with Gasteiger partial charge in [0.1, 0.15) is 0 Å². The van der Waals surface area contributed by atoms with Crippen molar-refractivity contribution in [3.63, 3.8) is 0 Å². The molecule has 0 amide bonds. The Morgan fingerprint density at radius 1 is 0.800 bits per heavy atom. The van der Waals surface area contributed by atoms with E-state index in [2.05, 4.69) is 52.3 Å². The van der Waals surface area contributed by atoms with Crippen molar-refractivity contribution < 1.29 is 0 Å². The smallest absolute Gasteiger partial charge is 0.0515 e. The lowest BCUT2D eigenvalue weighted by molar-refractivity contribution is 0.912. The van der Waals surface area contributed by atoms with Gasteiger partial charge in [-0.25, -0.2) is 0 Å². The van der Waals surface area contributed by atoms with Crippen molar-refractivity contribution in [1.29, 1.82) is 0 Å². The molecule has 0 saturated carbocycles. The molecular weight excluding hydrogens is 182 g/mol. The molecule has 0 aliphatic rings. The predicted octanol–water partition coefficient (Wildman–Crippen LogP) is 3.72. The molecule has 15 heavy (non-hydrogen) atoms. The zero-order valence-corrected chi connectivity index (χ0v) is 10.5. The van der Waals surface area contributed by atoms with Gasteiger partial charge in [0.2, 0.25) is 0 Å². The lowest BCUT2D eigenvalue weighted by Crippen LogP contribution is -1.97. The van der Waals surface area contributed by atoms with Gasteiger partial charge in [0.25, 0.3) is 0 Å². The minimum atomic E-state index is 1.33. The molecule has 0 aliphatic heterocycles. The van der Waals surface area contributed by atoms with Crippen molar-refractivity contribution in [2.24, 2.45) is 7.05 Å². The summed E-state index contributed by atoms with van der Waals surface area (Å²) >= 11 is 0. The van der Waals surface area contributed by atoms with Gasteiger partial charge in [0.05, 0.1) is 5.52 Å². The predicted molar refractivity (Wildman–Crippen MR) is 66.6 cm³/mol. The molecule has 0 fully saturated rings. The molecular formula is C14H19N. The first-order valence-electron chi connectivity index (χ1n) is 5.47. The normalized spacial score (nSPS) is 11.3. The molecule has 1 heterocycles. The number of fused-ring (bicyclic) bond motifs is 1. The molecule has 80 valence electrons. The SMILES string of the molecule is Cc1c(C)c(C)c2c(cc(C)n2C)c1C. The Kier molecular flexibility index (Phi) is 2.14. The minimum Gasteiger partial charge on any atom is -0.348 e. The Hall–Kier alpha value is -1.24. The van der Waals surface area contributed by atoms with Gasteiger partial charge in [0, 0.05) is 18.1 Å². The lowest BCUT2D eigenvalue weighted by atomic mass is 9.96. The maximum atomic E-state index is 2.30. The highest BCUT2D eigenvalue weighted by Gasteiger charge is 2.12. The van der Waals surface area contributed by atoms with Gasteiger partial charge in [-0.05, 0) is 62.9 Å². The van der Waals surface area contributed by atoms with Crippen molar-refractivity contribution >= 4 is 10.9 Å². The molecule has 1 aromatic heterocycles. The Morgan fingerprint density at radius 2 is 1.33 bits per heavy atom. The van der Waals surface area contributed by atoms with E-state index in [-0.39, 0.29) is 0 Å². The molecule has 2 aromatic rings.